The van der Waals surface area contributed by atoms with Crippen molar-refractivity contribution >= 4 is 23.4 Å². The number of carboxylic acid groups (broad SMARTS) is 1. The van der Waals surface area contributed by atoms with Crippen molar-refractivity contribution in [3.8, 4) is 0 Å². The van der Waals surface area contributed by atoms with Crippen LogP contribution in [0.5, 0.6) is 0 Å². The number of rotatable bonds is 5. The van der Waals surface area contributed by atoms with Crippen LogP contribution in [0.1, 0.15) is 15.9 Å². The molecule has 0 heterocycles. The molecule has 0 fully saturated rings. The first kappa shape index (κ1) is 15.0. The molecule has 0 atom stereocenters. The van der Waals surface area contributed by atoms with Crippen LogP contribution in [0, 0.1) is 15.9 Å². The minimum atomic E-state index is -1.05. The first-order valence-electron chi connectivity index (χ1n) is 5.86. The first-order chi connectivity index (χ1) is 9.97. The summed E-state index contributed by atoms with van der Waals surface area (Å²) in [6.45, 7) is 0. The maximum absolute atomic E-state index is 13.2. The van der Waals surface area contributed by atoms with Gasteiger partial charge in [0.25, 0.3) is 5.69 Å². The number of nitro groups is 1. The van der Waals surface area contributed by atoms with Crippen LogP contribution in [0.15, 0.2) is 47.4 Å². The van der Waals surface area contributed by atoms with Gasteiger partial charge in [0.05, 0.1) is 10.5 Å². The molecule has 108 valence electrons. The zero-order chi connectivity index (χ0) is 15.4. The van der Waals surface area contributed by atoms with Gasteiger partial charge in [0.15, 0.2) is 0 Å². The maximum Gasteiger partial charge on any atom is 0.335 e. The Balaban J connectivity index is 2.20. The predicted molar refractivity (Wildman–Crippen MR) is 76.0 cm³/mol. The lowest BCUT2D eigenvalue weighted by Crippen LogP contribution is -1.96. The van der Waals surface area contributed by atoms with Gasteiger partial charge < -0.3 is 5.11 Å². The van der Waals surface area contributed by atoms with Crippen LogP contribution in [-0.4, -0.2) is 16.0 Å². The summed E-state index contributed by atoms with van der Waals surface area (Å²) in [7, 11) is 0. The van der Waals surface area contributed by atoms with Crippen molar-refractivity contribution in [1.82, 2.24) is 0 Å². The highest BCUT2D eigenvalue weighted by Crippen LogP contribution is 2.29. The average molecular weight is 307 g/mol. The Hall–Kier alpha value is -2.41. The smallest absolute Gasteiger partial charge is 0.335 e. The summed E-state index contributed by atoms with van der Waals surface area (Å²) in [4.78, 5) is 21.8. The SMILES string of the molecule is O=C(O)c1cccc(SCc2cc(F)ccc2[N+](=O)[O-])c1. The molecule has 2 aromatic rings. The van der Waals surface area contributed by atoms with E-state index in [2.05, 4.69) is 0 Å². The Kier molecular flexibility index (Phi) is 4.54. The maximum atomic E-state index is 13.2. The first-order valence-corrected chi connectivity index (χ1v) is 6.85. The van der Waals surface area contributed by atoms with E-state index < -0.39 is 16.7 Å². The number of thioether (sulfide) groups is 1. The Morgan fingerprint density at radius 2 is 2.05 bits per heavy atom. The minimum absolute atomic E-state index is 0.133. The number of carbonyl (C=O) groups is 1. The van der Waals surface area contributed by atoms with Gasteiger partial charge in [-0.1, -0.05) is 6.07 Å². The monoisotopic (exact) mass is 307 g/mol. The van der Waals surface area contributed by atoms with Crippen LogP contribution in [0.25, 0.3) is 0 Å². The Bertz CT molecular complexity index is 705. The van der Waals surface area contributed by atoms with E-state index in [0.29, 0.717) is 4.90 Å². The van der Waals surface area contributed by atoms with E-state index >= 15 is 0 Å². The number of hydrogen-bond acceptors (Lipinski definition) is 4. The highest BCUT2D eigenvalue weighted by Gasteiger charge is 2.14. The van der Waals surface area contributed by atoms with E-state index in [1.165, 1.54) is 23.9 Å². The van der Waals surface area contributed by atoms with Crippen LogP contribution in [-0.2, 0) is 5.75 Å². The summed E-state index contributed by atoms with van der Waals surface area (Å²) < 4.78 is 13.2. The Morgan fingerprint density at radius 1 is 1.29 bits per heavy atom. The number of aromatic carboxylic acids is 1. The normalized spacial score (nSPS) is 10.3. The Labute approximate surface area is 123 Å². The molecule has 0 aromatic heterocycles. The van der Waals surface area contributed by atoms with Gasteiger partial charge >= 0.3 is 5.97 Å². The molecular formula is C14H10FNO4S. The van der Waals surface area contributed by atoms with Crippen LogP contribution in [0.4, 0.5) is 10.1 Å². The number of nitro benzene ring substituents is 1. The fraction of sp³-hybridized carbons (Fsp3) is 0.0714. The number of carboxylic acids is 1. The molecule has 0 unspecified atom stereocenters. The van der Waals surface area contributed by atoms with E-state index in [1.54, 1.807) is 12.1 Å². The molecule has 0 aliphatic heterocycles. The molecule has 0 amide bonds. The van der Waals surface area contributed by atoms with E-state index in [-0.39, 0.29) is 22.6 Å². The lowest BCUT2D eigenvalue weighted by Gasteiger charge is -2.04. The molecule has 5 nitrogen and oxygen atoms in total. The average Bonchev–Trinajstić information content (AvgIpc) is 2.45. The molecule has 0 aliphatic carbocycles. The topological polar surface area (TPSA) is 80.4 Å². The molecule has 0 saturated carbocycles. The second-order valence-corrected chi connectivity index (χ2v) is 5.20. The molecule has 0 aliphatic rings. The molecular weight excluding hydrogens is 297 g/mol. The van der Waals surface area contributed by atoms with Crippen LogP contribution >= 0.6 is 11.8 Å². The van der Waals surface area contributed by atoms with Gasteiger partial charge in [0.1, 0.15) is 5.82 Å². The zero-order valence-electron chi connectivity index (χ0n) is 10.7. The molecule has 2 rings (SSSR count). The molecule has 0 spiro atoms. The van der Waals surface area contributed by atoms with Gasteiger partial charge in [0, 0.05) is 22.3 Å². The van der Waals surface area contributed by atoms with Crippen molar-refractivity contribution in [3.63, 3.8) is 0 Å². The van der Waals surface area contributed by atoms with Crippen LogP contribution in [0.2, 0.25) is 0 Å². The quantitative estimate of drug-likeness (QED) is 0.517. The highest BCUT2D eigenvalue weighted by atomic mass is 32.2. The van der Waals surface area contributed by atoms with Gasteiger partial charge in [0.2, 0.25) is 0 Å². The van der Waals surface area contributed by atoms with Gasteiger partial charge in [-0.2, -0.15) is 0 Å². The third-order valence-corrected chi connectivity index (χ3v) is 3.76. The molecule has 0 bridgehead atoms. The van der Waals surface area contributed by atoms with Gasteiger partial charge in [-0.25, -0.2) is 9.18 Å². The summed E-state index contributed by atoms with van der Waals surface area (Å²) in [5.41, 5.74) is 0.234. The summed E-state index contributed by atoms with van der Waals surface area (Å²) in [5.74, 6) is -1.42. The standard InChI is InChI=1S/C14H10FNO4S/c15-11-4-5-13(16(19)20)10(6-11)8-21-12-3-1-2-9(7-12)14(17)18/h1-7H,8H2,(H,17,18). The molecule has 1 N–H and O–H groups in total. The third-order valence-electron chi connectivity index (χ3n) is 2.71. The number of halogens is 1. The largest absolute Gasteiger partial charge is 0.478 e. The lowest BCUT2D eigenvalue weighted by molar-refractivity contribution is -0.385. The minimum Gasteiger partial charge on any atom is -0.478 e. The van der Waals surface area contributed by atoms with Gasteiger partial charge in [-0.3, -0.25) is 10.1 Å². The fourth-order valence-electron chi connectivity index (χ4n) is 1.73. The van der Waals surface area contributed by atoms with E-state index in [4.69, 9.17) is 5.11 Å². The third kappa shape index (κ3) is 3.79. The molecule has 0 saturated heterocycles. The number of hydrogen-bond donors (Lipinski definition) is 1. The van der Waals surface area contributed by atoms with Crippen molar-refractivity contribution in [2.45, 2.75) is 10.6 Å². The number of benzene rings is 2. The van der Waals surface area contributed by atoms with Crippen molar-refractivity contribution in [3.05, 3.63) is 69.5 Å². The van der Waals surface area contributed by atoms with E-state index in [0.717, 1.165) is 18.2 Å². The van der Waals surface area contributed by atoms with Gasteiger partial charge in [-0.05, 0) is 30.3 Å². The van der Waals surface area contributed by atoms with Crippen LogP contribution in [0.3, 0.4) is 0 Å². The summed E-state index contributed by atoms with van der Waals surface area (Å²) in [6, 6.07) is 9.49. The summed E-state index contributed by atoms with van der Waals surface area (Å²) in [5, 5.41) is 19.8. The van der Waals surface area contributed by atoms with Crippen molar-refractivity contribution in [2.75, 3.05) is 0 Å². The predicted octanol–water partition coefficient (Wildman–Crippen LogP) is 3.72. The highest BCUT2D eigenvalue weighted by molar-refractivity contribution is 7.98. The van der Waals surface area contributed by atoms with Crippen molar-refractivity contribution in [1.29, 1.82) is 0 Å². The molecule has 7 heteroatoms. The zero-order valence-corrected chi connectivity index (χ0v) is 11.5. The molecule has 21 heavy (non-hydrogen) atoms. The molecule has 2 aromatic carbocycles. The van der Waals surface area contributed by atoms with Crippen LogP contribution < -0.4 is 0 Å². The molecule has 0 radical (unpaired) electrons. The summed E-state index contributed by atoms with van der Waals surface area (Å²) >= 11 is 1.21. The second-order valence-electron chi connectivity index (χ2n) is 4.15. The van der Waals surface area contributed by atoms with E-state index in [9.17, 15) is 19.3 Å². The number of nitrogens with zero attached hydrogens (tertiary/aromatic N) is 1. The Morgan fingerprint density at radius 3 is 2.71 bits per heavy atom. The van der Waals surface area contributed by atoms with E-state index in [1.807, 2.05) is 0 Å². The lowest BCUT2D eigenvalue weighted by atomic mass is 10.2. The fourth-order valence-corrected chi connectivity index (χ4v) is 2.67. The summed E-state index contributed by atoms with van der Waals surface area (Å²) in [6.07, 6.45) is 0. The second kappa shape index (κ2) is 6.36. The van der Waals surface area contributed by atoms with Crippen molar-refractivity contribution < 1.29 is 19.2 Å². The van der Waals surface area contributed by atoms with Gasteiger partial charge in [-0.15, -0.1) is 11.8 Å². The van der Waals surface area contributed by atoms with Crippen molar-refractivity contribution in [2.24, 2.45) is 0 Å².